The van der Waals surface area contributed by atoms with E-state index in [1.807, 2.05) is 60.7 Å². The van der Waals surface area contributed by atoms with E-state index in [0.717, 1.165) is 36.3 Å². The van der Waals surface area contributed by atoms with Crippen LogP contribution in [0.25, 0.3) is 0 Å². The van der Waals surface area contributed by atoms with Crippen molar-refractivity contribution in [2.24, 2.45) is 0 Å². The van der Waals surface area contributed by atoms with Crippen molar-refractivity contribution in [3.05, 3.63) is 66.2 Å². The lowest BCUT2D eigenvalue weighted by Crippen LogP contribution is -2.29. The van der Waals surface area contributed by atoms with Crippen LogP contribution in [-0.2, 0) is 9.53 Å². The molecule has 2 aromatic carbocycles. The van der Waals surface area contributed by atoms with Gasteiger partial charge in [-0.15, -0.1) is 11.8 Å². The summed E-state index contributed by atoms with van der Waals surface area (Å²) in [4.78, 5) is 13.8. The summed E-state index contributed by atoms with van der Waals surface area (Å²) in [7, 11) is 0. The van der Waals surface area contributed by atoms with Crippen LogP contribution < -0.4 is 5.32 Å². The molecule has 0 unspecified atom stereocenters. The molecule has 3 nitrogen and oxygen atoms in total. The minimum atomic E-state index is -0.246. The highest BCUT2D eigenvalue weighted by molar-refractivity contribution is 8.00. The molecule has 2 rings (SSSR count). The number of carbonyl (C=O) groups excluding carboxylic acids is 1. The predicted octanol–water partition coefficient (Wildman–Crippen LogP) is 4.84. The van der Waals surface area contributed by atoms with Gasteiger partial charge in [0, 0.05) is 24.7 Å². The Balaban J connectivity index is 1.88. The minimum Gasteiger partial charge on any atom is -0.381 e. The second-order valence-electron chi connectivity index (χ2n) is 5.83. The number of carbonyl (C=O) groups is 1. The number of thioether (sulfide) groups is 1. The first-order valence-corrected chi connectivity index (χ1v) is 9.81. The Labute approximate surface area is 155 Å². The van der Waals surface area contributed by atoms with E-state index in [1.54, 1.807) is 11.8 Å². The van der Waals surface area contributed by atoms with Gasteiger partial charge in [-0.25, -0.2) is 0 Å². The van der Waals surface area contributed by atoms with Gasteiger partial charge in [0.2, 0.25) is 5.91 Å². The SMILES string of the molecule is CCCCOCCCNC(=O)[C@H](Sc1ccccc1)c1ccccc1. The molecule has 0 heterocycles. The Kier molecular flexibility index (Phi) is 9.16. The van der Waals surface area contributed by atoms with Crippen molar-refractivity contribution < 1.29 is 9.53 Å². The highest BCUT2D eigenvalue weighted by atomic mass is 32.2. The zero-order valence-electron chi connectivity index (χ0n) is 14.8. The molecule has 0 saturated carbocycles. The highest BCUT2D eigenvalue weighted by Crippen LogP contribution is 2.35. The van der Waals surface area contributed by atoms with Gasteiger partial charge < -0.3 is 10.1 Å². The number of hydrogen-bond donors (Lipinski definition) is 1. The number of benzene rings is 2. The maximum absolute atomic E-state index is 12.7. The fourth-order valence-electron chi connectivity index (χ4n) is 2.36. The number of unbranched alkanes of at least 4 members (excludes halogenated alkanes) is 1. The zero-order chi connectivity index (χ0) is 17.7. The third-order valence-electron chi connectivity index (χ3n) is 3.74. The highest BCUT2D eigenvalue weighted by Gasteiger charge is 2.21. The first-order chi connectivity index (χ1) is 12.3. The maximum atomic E-state index is 12.7. The Morgan fingerprint density at radius 2 is 1.64 bits per heavy atom. The van der Waals surface area contributed by atoms with E-state index in [9.17, 15) is 4.79 Å². The van der Waals surface area contributed by atoms with Crippen LogP contribution in [0.1, 0.15) is 37.0 Å². The fourth-order valence-corrected chi connectivity index (χ4v) is 3.43. The van der Waals surface area contributed by atoms with E-state index < -0.39 is 0 Å². The molecular weight excluding hydrogens is 330 g/mol. The summed E-state index contributed by atoms with van der Waals surface area (Å²) in [5, 5.41) is 2.81. The monoisotopic (exact) mass is 357 g/mol. The van der Waals surface area contributed by atoms with Crippen molar-refractivity contribution >= 4 is 17.7 Å². The first-order valence-electron chi connectivity index (χ1n) is 8.93. The van der Waals surface area contributed by atoms with Crippen LogP contribution in [0.2, 0.25) is 0 Å². The summed E-state index contributed by atoms with van der Waals surface area (Å²) >= 11 is 1.58. The van der Waals surface area contributed by atoms with E-state index in [4.69, 9.17) is 4.74 Å². The molecule has 0 aromatic heterocycles. The van der Waals surface area contributed by atoms with Gasteiger partial charge in [-0.3, -0.25) is 4.79 Å². The number of nitrogens with one attached hydrogen (secondary N) is 1. The average molecular weight is 358 g/mol. The molecule has 1 amide bonds. The molecule has 2 aromatic rings. The van der Waals surface area contributed by atoms with Crippen LogP contribution >= 0.6 is 11.8 Å². The van der Waals surface area contributed by atoms with Gasteiger partial charge >= 0.3 is 0 Å². The van der Waals surface area contributed by atoms with Crippen LogP contribution in [0.15, 0.2) is 65.6 Å². The van der Waals surface area contributed by atoms with Crippen LogP contribution in [0.4, 0.5) is 0 Å². The van der Waals surface area contributed by atoms with E-state index in [2.05, 4.69) is 12.2 Å². The average Bonchev–Trinajstić information content (AvgIpc) is 2.67. The number of amides is 1. The first kappa shape index (κ1) is 19.5. The lowest BCUT2D eigenvalue weighted by atomic mass is 10.1. The Morgan fingerprint density at radius 1 is 1.00 bits per heavy atom. The maximum Gasteiger partial charge on any atom is 0.237 e. The predicted molar refractivity (Wildman–Crippen MR) is 105 cm³/mol. The van der Waals surface area contributed by atoms with Crippen molar-refractivity contribution in [1.29, 1.82) is 0 Å². The second-order valence-corrected chi connectivity index (χ2v) is 7.01. The Bertz CT molecular complexity index is 604. The van der Waals surface area contributed by atoms with Crippen LogP contribution in [0, 0.1) is 0 Å². The molecule has 0 bridgehead atoms. The fraction of sp³-hybridized carbons (Fsp3) is 0.381. The Hall–Kier alpha value is -1.78. The molecule has 0 radical (unpaired) electrons. The van der Waals surface area contributed by atoms with Crippen LogP contribution in [0.5, 0.6) is 0 Å². The molecule has 25 heavy (non-hydrogen) atoms. The van der Waals surface area contributed by atoms with Gasteiger partial charge in [-0.1, -0.05) is 61.9 Å². The van der Waals surface area contributed by atoms with Gasteiger partial charge in [0.25, 0.3) is 0 Å². The lowest BCUT2D eigenvalue weighted by Gasteiger charge is -2.17. The summed E-state index contributed by atoms with van der Waals surface area (Å²) in [5.74, 6) is 0.0496. The molecule has 0 fully saturated rings. The number of ether oxygens (including phenoxy) is 1. The smallest absolute Gasteiger partial charge is 0.237 e. The summed E-state index contributed by atoms with van der Waals surface area (Å²) < 4.78 is 5.54. The zero-order valence-corrected chi connectivity index (χ0v) is 15.6. The van der Waals surface area contributed by atoms with E-state index in [1.165, 1.54) is 0 Å². The van der Waals surface area contributed by atoms with Crippen molar-refractivity contribution in [3.8, 4) is 0 Å². The standard InChI is InChI=1S/C21H27NO2S/c1-2-3-16-24-17-10-15-22-21(23)20(18-11-6-4-7-12-18)25-19-13-8-5-9-14-19/h4-9,11-14,20H,2-3,10,15-17H2,1H3,(H,22,23)/t20-/m1/s1. The number of rotatable bonds is 11. The molecule has 0 saturated heterocycles. The topological polar surface area (TPSA) is 38.3 Å². The summed E-state index contributed by atoms with van der Waals surface area (Å²) in [6.45, 7) is 4.30. The van der Waals surface area contributed by atoms with Gasteiger partial charge in [0.05, 0.1) is 0 Å². The molecule has 1 atom stereocenters. The van der Waals surface area contributed by atoms with Crippen LogP contribution in [0.3, 0.4) is 0 Å². The summed E-state index contributed by atoms with van der Waals surface area (Å²) in [6, 6.07) is 20.0. The largest absolute Gasteiger partial charge is 0.381 e. The molecule has 4 heteroatoms. The second kappa shape index (κ2) is 11.7. The van der Waals surface area contributed by atoms with E-state index in [-0.39, 0.29) is 11.2 Å². The number of hydrogen-bond acceptors (Lipinski definition) is 3. The molecule has 0 aliphatic carbocycles. The van der Waals surface area contributed by atoms with E-state index in [0.29, 0.717) is 13.2 Å². The van der Waals surface area contributed by atoms with Gasteiger partial charge in [-0.2, -0.15) is 0 Å². The normalized spacial score (nSPS) is 11.9. The third kappa shape index (κ3) is 7.32. The quantitative estimate of drug-likeness (QED) is 0.462. The van der Waals surface area contributed by atoms with Crippen molar-refractivity contribution in [1.82, 2.24) is 5.32 Å². The Morgan fingerprint density at radius 3 is 2.32 bits per heavy atom. The molecule has 0 aliphatic heterocycles. The third-order valence-corrected chi connectivity index (χ3v) is 5.01. The van der Waals surface area contributed by atoms with Gasteiger partial charge in [0.15, 0.2) is 0 Å². The van der Waals surface area contributed by atoms with Crippen molar-refractivity contribution in [3.63, 3.8) is 0 Å². The molecule has 0 spiro atoms. The van der Waals surface area contributed by atoms with Gasteiger partial charge in [-0.05, 0) is 30.5 Å². The van der Waals surface area contributed by atoms with Crippen LogP contribution in [-0.4, -0.2) is 25.7 Å². The molecule has 0 aliphatic rings. The van der Waals surface area contributed by atoms with Gasteiger partial charge in [0.1, 0.15) is 5.25 Å². The van der Waals surface area contributed by atoms with Crippen molar-refractivity contribution in [2.75, 3.05) is 19.8 Å². The molecule has 1 N–H and O–H groups in total. The lowest BCUT2D eigenvalue weighted by molar-refractivity contribution is -0.120. The van der Waals surface area contributed by atoms with E-state index >= 15 is 0 Å². The molecule has 134 valence electrons. The minimum absolute atomic E-state index is 0.0496. The molecular formula is C21H27NO2S. The summed E-state index contributed by atoms with van der Waals surface area (Å²) in [6.07, 6.45) is 3.08. The van der Waals surface area contributed by atoms with Crippen molar-refractivity contribution in [2.45, 2.75) is 36.3 Å². The summed E-state index contributed by atoms with van der Waals surface area (Å²) in [5.41, 5.74) is 1.02.